The molecular weight excluding hydrogens is 249 g/mol. The van der Waals surface area contributed by atoms with Gasteiger partial charge in [-0.3, -0.25) is 0 Å². The SMILES string of the molecule is Cc1nnc(CNc2c(Cl)cccc2Cl)o1. The number of benzene rings is 1. The standard InChI is InChI=1S/C10H9Cl2N3O/c1-6-14-15-9(16-6)5-13-10-7(11)3-2-4-8(10)12/h2-4,13H,5H2,1H3. The normalized spacial score (nSPS) is 10.4. The number of aryl methyl sites for hydroxylation is 1. The lowest BCUT2D eigenvalue weighted by Crippen LogP contribution is -2.00. The molecule has 0 saturated heterocycles. The topological polar surface area (TPSA) is 51.0 Å². The zero-order chi connectivity index (χ0) is 11.5. The maximum Gasteiger partial charge on any atom is 0.235 e. The third-order valence-corrected chi connectivity index (χ3v) is 2.58. The summed E-state index contributed by atoms with van der Waals surface area (Å²) in [6.07, 6.45) is 0. The van der Waals surface area contributed by atoms with Crippen molar-refractivity contribution in [1.29, 1.82) is 0 Å². The van der Waals surface area contributed by atoms with Crippen molar-refractivity contribution in [3.05, 3.63) is 40.0 Å². The minimum absolute atomic E-state index is 0.393. The molecule has 0 fully saturated rings. The van der Waals surface area contributed by atoms with Crippen LogP contribution >= 0.6 is 23.2 Å². The third kappa shape index (κ3) is 2.46. The summed E-state index contributed by atoms with van der Waals surface area (Å²) in [5, 5.41) is 11.7. The highest BCUT2D eigenvalue weighted by atomic mass is 35.5. The van der Waals surface area contributed by atoms with Gasteiger partial charge in [0.2, 0.25) is 11.8 Å². The van der Waals surface area contributed by atoms with E-state index in [4.69, 9.17) is 27.6 Å². The zero-order valence-corrected chi connectivity index (χ0v) is 10.0. The van der Waals surface area contributed by atoms with Gasteiger partial charge in [0.15, 0.2) is 0 Å². The average Bonchev–Trinajstić information content (AvgIpc) is 2.63. The molecule has 0 aliphatic rings. The molecule has 0 saturated carbocycles. The second kappa shape index (κ2) is 4.72. The van der Waals surface area contributed by atoms with Gasteiger partial charge < -0.3 is 9.73 Å². The van der Waals surface area contributed by atoms with E-state index in [1.807, 2.05) is 0 Å². The minimum atomic E-state index is 0.393. The number of hydrogen-bond donors (Lipinski definition) is 1. The van der Waals surface area contributed by atoms with Gasteiger partial charge in [-0.15, -0.1) is 10.2 Å². The number of para-hydroxylation sites is 1. The van der Waals surface area contributed by atoms with Crippen LogP contribution in [-0.2, 0) is 6.54 Å². The van der Waals surface area contributed by atoms with Crippen molar-refractivity contribution in [2.24, 2.45) is 0 Å². The summed E-state index contributed by atoms with van der Waals surface area (Å²) in [5.74, 6) is 1.02. The first-order valence-electron chi connectivity index (χ1n) is 4.63. The maximum absolute atomic E-state index is 5.99. The van der Waals surface area contributed by atoms with Crippen molar-refractivity contribution in [3.8, 4) is 0 Å². The van der Waals surface area contributed by atoms with E-state index in [-0.39, 0.29) is 0 Å². The van der Waals surface area contributed by atoms with Gasteiger partial charge in [-0.1, -0.05) is 29.3 Å². The Balaban J connectivity index is 2.10. The van der Waals surface area contributed by atoms with Crippen LogP contribution in [0.25, 0.3) is 0 Å². The number of nitrogens with one attached hydrogen (secondary N) is 1. The molecule has 84 valence electrons. The van der Waals surface area contributed by atoms with Crippen LogP contribution in [0.1, 0.15) is 11.8 Å². The third-order valence-electron chi connectivity index (χ3n) is 1.95. The molecule has 6 heteroatoms. The molecule has 0 aliphatic heterocycles. The Labute approximate surface area is 103 Å². The average molecular weight is 258 g/mol. The predicted molar refractivity (Wildman–Crippen MR) is 62.8 cm³/mol. The smallest absolute Gasteiger partial charge is 0.235 e. The van der Waals surface area contributed by atoms with Gasteiger partial charge in [-0.25, -0.2) is 0 Å². The van der Waals surface area contributed by atoms with Crippen molar-refractivity contribution < 1.29 is 4.42 Å². The van der Waals surface area contributed by atoms with Gasteiger partial charge in [0.25, 0.3) is 0 Å². The Morgan fingerprint density at radius 1 is 1.25 bits per heavy atom. The molecule has 1 aromatic carbocycles. The molecule has 4 nitrogen and oxygen atoms in total. The summed E-state index contributed by atoms with van der Waals surface area (Å²) >= 11 is 12.0. The van der Waals surface area contributed by atoms with Gasteiger partial charge in [-0.05, 0) is 12.1 Å². The van der Waals surface area contributed by atoms with Crippen molar-refractivity contribution in [2.45, 2.75) is 13.5 Å². The highest BCUT2D eigenvalue weighted by Crippen LogP contribution is 2.29. The van der Waals surface area contributed by atoms with Crippen LogP contribution in [0.2, 0.25) is 10.0 Å². The van der Waals surface area contributed by atoms with E-state index in [0.717, 1.165) is 0 Å². The molecule has 2 rings (SSSR count). The van der Waals surface area contributed by atoms with Crippen LogP contribution in [0, 0.1) is 6.92 Å². The largest absolute Gasteiger partial charge is 0.424 e. The number of rotatable bonds is 3. The Bertz CT molecular complexity index is 478. The van der Waals surface area contributed by atoms with Crippen molar-refractivity contribution in [3.63, 3.8) is 0 Å². The molecule has 0 atom stereocenters. The molecule has 1 N–H and O–H groups in total. The first-order chi connectivity index (χ1) is 7.66. The molecule has 2 aromatic rings. The van der Waals surface area contributed by atoms with E-state index < -0.39 is 0 Å². The maximum atomic E-state index is 5.99. The summed E-state index contributed by atoms with van der Waals surface area (Å²) in [6, 6.07) is 5.30. The fraction of sp³-hybridized carbons (Fsp3) is 0.200. The molecule has 0 amide bonds. The van der Waals surface area contributed by atoms with Crippen LogP contribution in [0.15, 0.2) is 22.6 Å². The zero-order valence-electron chi connectivity index (χ0n) is 8.50. The molecule has 0 unspecified atom stereocenters. The number of hydrogen-bond acceptors (Lipinski definition) is 4. The number of aromatic nitrogens is 2. The predicted octanol–water partition coefficient (Wildman–Crippen LogP) is 3.30. The first-order valence-corrected chi connectivity index (χ1v) is 5.39. The lowest BCUT2D eigenvalue weighted by molar-refractivity contribution is 0.475. The van der Waals surface area contributed by atoms with E-state index in [1.54, 1.807) is 25.1 Å². The van der Waals surface area contributed by atoms with E-state index in [9.17, 15) is 0 Å². The van der Waals surface area contributed by atoms with Gasteiger partial charge in [-0.2, -0.15) is 0 Å². The Morgan fingerprint density at radius 2 is 1.94 bits per heavy atom. The molecule has 1 aromatic heterocycles. The summed E-state index contributed by atoms with van der Waals surface area (Å²) in [4.78, 5) is 0. The van der Waals surface area contributed by atoms with Gasteiger partial charge in [0.1, 0.15) is 0 Å². The van der Waals surface area contributed by atoms with E-state index in [0.29, 0.717) is 34.1 Å². The van der Waals surface area contributed by atoms with E-state index in [1.165, 1.54) is 0 Å². The second-order valence-electron chi connectivity index (χ2n) is 3.17. The number of anilines is 1. The Morgan fingerprint density at radius 3 is 2.50 bits per heavy atom. The molecule has 0 radical (unpaired) electrons. The molecule has 0 aliphatic carbocycles. The summed E-state index contributed by atoms with van der Waals surface area (Å²) < 4.78 is 5.21. The highest BCUT2D eigenvalue weighted by molar-refractivity contribution is 6.39. The van der Waals surface area contributed by atoms with Gasteiger partial charge in [0, 0.05) is 6.92 Å². The van der Waals surface area contributed by atoms with Crippen LogP contribution in [0.4, 0.5) is 5.69 Å². The summed E-state index contributed by atoms with van der Waals surface area (Å²) in [5.41, 5.74) is 0.668. The van der Waals surface area contributed by atoms with Gasteiger partial charge >= 0.3 is 0 Å². The number of nitrogens with zero attached hydrogens (tertiary/aromatic N) is 2. The van der Waals surface area contributed by atoms with Crippen LogP contribution < -0.4 is 5.32 Å². The van der Waals surface area contributed by atoms with Crippen molar-refractivity contribution in [2.75, 3.05) is 5.32 Å². The second-order valence-corrected chi connectivity index (χ2v) is 3.98. The first kappa shape index (κ1) is 11.2. The molecule has 0 spiro atoms. The summed E-state index contributed by atoms with van der Waals surface area (Å²) in [7, 11) is 0. The van der Waals surface area contributed by atoms with Crippen LogP contribution in [0.3, 0.4) is 0 Å². The lowest BCUT2D eigenvalue weighted by atomic mass is 10.3. The fourth-order valence-electron chi connectivity index (χ4n) is 1.24. The Kier molecular flexibility index (Phi) is 3.31. The molecule has 16 heavy (non-hydrogen) atoms. The van der Waals surface area contributed by atoms with E-state index >= 15 is 0 Å². The quantitative estimate of drug-likeness (QED) is 0.917. The van der Waals surface area contributed by atoms with Crippen molar-refractivity contribution >= 4 is 28.9 Å². The fourth-order valence-corrected chi connectivity index (χ4v) is 1.77. The van der Waals surface area contributed by atoms with Crippen LogP contribution in [-0.4, -0.2) is 10.2 Å². The summed E-state index contributed by atoms with van der Waals surface area (Å²) in [6.45, 7) is 2.13. The lowest BCUT2D eigenvalue weighted by Gasteiger charge is -2.07. The van der Waals surface area contributed by atoms with E-state index in [2.05, 4.69) is 15.5 Å². The molecule has 0 bridgehead atoms. The van der Waals surface area contributed by atoms with Crippen LogP contribution in [0.5, 0.6) is 0 Å². The molecule has 1 heterocycles. The van der Waals surface area contributed by atoms with Gasteiger partial charge in [0.05, 0.1) is 22.3 Å². The minimum Gasteiger partial charge on any atom is -0.424 e. The monoisotopic (exact) mass is 257 g/mol. The Hall–Kier alpha value is -1.26. The highest BCUT2D eigenvalue weighted by Gasteiger charge is 2.07. The molecular formula is C10H9Cl2N3O. The van der Waals surface area contributed by atoms with Crippen molar-refractivity contribution in [1.82, 2.24) is 10.2 Å². The number of halogens is 2.